The van der Waals surface area contributed by atoms with Crippen LogP contribution in [-0.4, -0.2) is 35.1 Å². The van der Waals surface area contributed by atoms with Crippen LogP contribution in [0.25, 0.3) is 10.9 Å². The van der Waals surface area contributed by atoms with Gasteiger partial charge in [0.1, 0.15) is 11.3 Å². The fraction of sp³-hybridized carbons (Fsp3) is 0.429. The Labute approximate surface area is 154 Å². The van der Waals surface area contributed by atoms with Crippen molar-refractivity contribution in [2.45, 2.75) is 24.9 Å². The van der Waals surface area contributed by atoms with Gasteiger partial charge < -0.3 is 10.2 Å². The van der Waals surface area contributed by atoms with Crippen molar-refractivity contribution in [3.8, 4) is 0 Å². The largest absolute Gasteiger partial charge is 0.353 e. The molecule has 0 unspecified atom stereocenters. The highest BCUT2D eigenvalue weighted by molar-refractivity contribution is 14.1. The smallest absolute Gasteiger partial charge is 0.225 e. The lowest BCUT2D eigenvalue weighted by atomic mass is 10.2. The second kappa shape index (κ2) is 5.68. The van der Waals surface area contributed by atoms with Crippen molar-refractivity contribution in [1.29, 1.82) is 0 Å². The molecule has 22 heavy (non-hydrogen) atoms. The second-order valence-electron chi connectivity index (χ2n) is 5.74. The van der Waals surface area contributed by atoms with Gasteiger partial charge >= 0.3 is 0 Å². The SMILES string of the molecule is Fc1c(Br)c(I)cc2c(N3C[C@H]4CC[C@@H](C3)N4)nc(Cl)nc12. The molecule has 3 heterocycles. The van der Waals surface area contributed by atoms with Crippen molar-refractivity contribution in [3.05, 3.63) is 25.2 Å². The molecule has 0 aliphatic carbocycles. The Balaban J connectivity index is 1.90. The lowest BCUT2D eigenvalue weighted by Crippen LogP contribution is -2.51. The summed E-state index contributed by atoms with van der Waals surface area (Å²) in [5.74, 6) is 0.350. The van der Waals surface area contributed by atoms with Crippen molar-refractivity contribution in [3.63, 3.8) is 0 Å². The number of aromatic nitrogens is 2. The minimum atomic E-state index is -0.384. The first-order valence-electron chi connectivity index (χ1n) is 7.04. The fourth-order valence-corrected chi connectivity index (χ4v) is 4.36. The van der Waals surface area contributed by atoms with Gasteiger partial charge in [0, 0.05) is 34.1 Å². The number of rotatable bonds is 1. The van der Waals surface area contributed by atoms with Gasteiger partial charge in [-0.15, -0.1) is 0 Å². The van der Waals surface area contributed by atoms with Crippen molar-refractivity contribution < 1.29 is 4.39 Å². The number of benzene rings is 1. The van der Waals surface area contributed by atoms with E-state index in [0.29, 0.717) is 16.6 Å². The Morgan fingerprint density at radius 2 is 2.00 bits per heavy atom. The zero-order valence-corrected chi connectivity index (χ0v) is 15.9. The summed E-state index contributed by atoms with van der Waals surface area (Å²) >= 11 is 11.4. The Hall–Kier alpha value is -0.250. The molecule has 2 aromatic rings. The minimum Gasteiger partial charge on any atom is -0.353 e. The Bertz CT molecular complexity index is 762. The standard InChI is InChI=1S/C14H12BrClFIN4/c15-10-9(18)3-8-12(11(10)17)20-14(16)21-13(8)22-4-6-1-2-7(5-22)19-6/h3,6-7,19H,1-2,4-5H2/t6-,7+. The first kappa shape index (κ1) is 15.3. The summed E-state index contributed by atoms with van der Waals surface area (Å²) in [5, 5.41) is 4.39. The third kappa shape index (κ3) is 2.50. The highest BCUT2D eigenvalue weighted by atomic mass is 127. The summed E-state index contributed by atoms with van der Waals surface area (Å²) < 4.78 is 15.7. The van der Waals surface area contributed by atoms with Gasteiger partial charge in [-0.05, 0) is 69.0 Å². The second-order valence-corrected chi connectivity index (χ2v) is 8.03. The van der Waals surface area contributed by atoms with Crippen LogP contribution in [0.2, 0.25) is 5.28 Å². The molecule has 2 atom stereocenters. The molecule has 2 aliphatic rings. The molecule has 0 amide bonds. The predicted octanol–water partition coefficient (Wildman–Crippen LogP) is 3.73. The molecule has 0 saturated carbocycles. The quantitative estimate of drug-likeness (QED) is 0.371. The first-order chi connectivity index (χ1) is 10.5. The summed E-state index contributed by atoms with van der Waals surface area (Å²) in [6.45, 7) is 1.74. The van der Waals surface area contributed by atoms with Crippen molar-refractivity contribution in [2.75, 3.05) is 18.0 Å². The number of fused-ring (bicyclic) bond motifs is 3. The normalized spacial score (nSPS) is 24.3. The summed E-state index contributed by atoms with van der Waals surface area (Å²) in [6.07, 6.45) is 2.35. The van der Waals surface area contributed by atoms with Gasteiger partial charge in [0.2, 0.25) is 5.28 Å². The Morgan fingerprint density at radius 1 is 1.32 bits per heavy atom. The average molecular weight is 498 g/mol. The summed E-state index contributed by atoms with van der Waals surface area (Å²) in [7, 11) is 0. The van der Waals surface area contributed by atoms with E-state index in [9.17, 15) is 4.39 Å². The van der Waals surface area contributed by atoms with Gasteiger partial charge in [-0.25, -0.2) is 9.37 Å². The molecule has 8 heteroatoms. The van der Waals surface area contributed by atoms with Crippen LogP contribution >= 0.6 is 50.1 Å². The third-order valence-electron chi connectivity index (χ3n) is 4.30. The Kier molecular flexibility index (Phi) is 3.95. The average Bonchev–Trinajstić information content (AvgIpc) is 2.84. The molecular formula is C14H12BrClFIN4. The zero-order valence-electron chi connectivity index (χ0n) is 11.4. The molecule has 0 spiro atoms. The number of nitrogens with one attached hydrogen (secondary N) is 1. The van der Waals surface area contributed by atoms with E-state index in [1.165, 1.54) is 12.8 Å². The monoisotopic (exact) mass is 496 g/mol. The minimum absolute atomic E-state index is 0.0837. The highest BCUT2D eigenvalue weighted by Crippen LogP contribution is 2.35. The molecule has 1 N–H and O–H groups in total. The molecule has 4 nitrogen and oxygen atoms in total. The fourth-order valence-electron chi connectivity index (χ4n) is 3.34. The number of halogens is 4. The maximum atomic E-state index is 14.5. The number of piperazine rings is 1. The summed E-state index contributed by atoms with van der Waals surface area (Å²) in [5.41, 5.74) is 0.271. The van der Waals surface area contributed by atoms with E-state index in [4.69, 9.17) is 11.6 Å². The van der Waals surface area contributed by atoms with Crippen LogP contribution in [0.15, 0.2) is 10.5 Å². The van der Waals surface area contributed by atoms with E-state index in [1.54, 1.807) is 0 Å². The molecule has 4 rings (SSSR count). The predicted molar refractivity (Wildman–Crippen MR) is 97.1 cm³/mol. The maximum absolute atomic E-state index is 14.5. The van der Waals surface area contributed by atoms with E-state index in [-0.39, 0.29) is 16.6 Å². The van der Waals surface area contributed by atoms with Gasteiger partial charge in [-0.1, -0.05) is 0 Å². The van der Waals surface area contributed by atoms with E-state index in [0.717, 1.165) is 27.9 Å². The Morgan fingerprint density at radius 3 is 2.68 bits per heavy atom. The molecule has 2 bridgehead atoms. The van der Waals surface area contributed by atoms with Crippen molar-refractivity contribution in [1.82, 2.24) is 15.3 Å². The first-order valence-corrected chi connectivity index (χ1v) is 9.29. The third-order valence-corrected chi connectivity index (χ3v) is 6.83. The lowest BCUT2D eigenvalue weighted by molar-refractivity contribution is 0.464. The van der Waals surface area contributed by atoms with Crippen LogP contribution in [0.4, 0.5) is 10.2 Å². The van der Waals surface area contributed by atoms with Crippen LogP contribution in [-0.2, 0) is 0 Å². The maximum Gasteiger partial charge on any atom is 0.225 e. The molecule has 1 aromatic heterocycles. The van der Waals surface area contributed by atoms with Gasteiger partial charge in [0.05, 0.1) is 4.47 Å². The van der Waals surface area contributed by atoms with E-state index >= 15 is 0 Å². The number of hydrogen-bond donors (Lipinski definition) is 1. The summed E-state index contributed by atoms with van der Waals surface area (Å²) in [4.78, 5) is 10.7. The number of hydrogen-bond acceptors (Lipinski definition) is 4. The van der Waals surface area contributed by atoms with Gasteiger partial charge in [-0.2, -0.15) is 4.98 Å². The van der Waals surface area contributed by atoms with Gasteiger partial charge in [-0.3, -0.25) is 0 Å². The molecule has 2 saturated heterocycles. The summed E-state index contributed by atoms with van der Waals surface area (Å²) in [6, 6.07) is 2.86. The zero-order chi connectivity index (χ0) is 15.4. The molecule has 2 aliphatic heterocycles. The van der Waals surface area contributed by atoms with Crippen LogP contribution in [0.5, 0.6) is 0 Å². The number of nitrogens with zero attached hydrogens (tertiary/aromatic N) is 3. The molecular weight excluding hydrogens is 485 g/mol. The lowest BCUT2D eigenvalue weighted by Gasteiger charge is -2.34. The molecule has 0 radical (unpaired) electrons. The molecule has 2 fully saturated rings. The van der Waals surface area contributed by atoms with Crippen LogP contribution in [0, 0.1) is 9.39 Å². The molecule has 1 aromatic carbocycles. The highest BCUT2D eigenvalue weighted by Gasteiger charge is 2.33. The van der Waals surface area contributed by atoms with Crippen LogP contribution < -0.4 is 10.2 Å². The van der Waals surface area contributed by atoms with E-state index in [1.807, 2.05) is 6.07 Å². The van der Waals surface area contributed by atoms with Crippen LogP contribution in [0.1, 0.15) is 12.8 Å². The van der Waals surface area contributed by atoms with Gasteiger partial charge in [0.25, 0.3) is 0 Å². The molecule has 116 valence electrons. The van der Waals surface area contributed by atoms with Crippen molar-refractivity contribution >= 4 is 66.8 Å². The van der Waals surface area contributed by atoms with Crippen LogP contribution in [0.3, 0.4) is 0 Å². The topological polar surface area (TPSA) is 41.0 Å². The number of anilines is 1. The van der Waals surface area contributed by atoms with Crippen molar-refractivity contribution in [2.24, 2.45) is 0 Å². The van der Waals surface area contributed by atoms with E-state index in [2.05, 4.69) is 58.7 Å². The van der Waals surface area contributed by atoms with Gasteiger partial charge in [0.15, 0.2) is 5.82 Å². The van der Waals surface area contributed by atoms with E-state index < -0.39 is 0 Å².